The highest BCUT2D eigenvalue weighted by atomic mass is 32.2. The maximum atomic E-state index is 12.7. The molecule has 1 aromatic rings. The van der Waals surface area contributed by atoms with Crippen molar-refractivity contribution in [2.24, 2.45) is 0 Å². The van der Waals surface area contributed by atoms with Crippen LogP contribution < -0.4 is 0 Å². The molecule has 0 saturated heterocycles. The van der Waals surface area contributed by atoms with E-state index in [-0.39, 0.29) is 13.0 Å². The van der Waals surface area contributed by atoms with Gasteiger partial charge in [0.15, 0.2) is 9.84 Å². The van der Waals surface area contributed by atoms with Gasteiger partial charge in [-0.3, -0.25) is 0 Å². The van der Waals surface area contributed by atoms with Crippen molar-refractivity contribution in [2.45, 2.75) is 35.3 Å². The third kappa shape index (κ3) is 2.22. The molecule has 1 atom stereocenters. The highest BCUT2D eigenvalue weighted by molar-refractivity contribution is 7.93. The van der Waals surface area contributed by atoms with E-state index in [2.05, 4.69) is 0 Å². The molecule has 0 radical (unpaired) electrons. The summed E-state index contributed by atoms with van der Waals surface area (Å²) in [5.74, 6) is 0. The minimum atomic E-state index is -3.43. The third-order valence-corrected chi connectivity index (χ3v) is 6.02. The Balaban J connectivity index is 2.49. The lowest BCUT2D eigenvalue weighted by Crippen LogP contribution is -2.39. The van der Waals surface area contributed by atoms with E-state index in [4.69, 9.17) is 0 Å². The Kier molecular flexibility index (Phi) is 3.88. The molecule has 0 bridgehead atoms. The molecule has 0 spiro atoms. The van der Waals surface area contributed by atoms with Gasteiger partial charge in [-0.1, -0.05) is 30.4 Å². The SMILES string of the molecule is O=S(=O)(c1ccccc1)C1(CCO)C=CCCC1. The predicted octanol–water partition coefficient (Wildman–Crippen LogP) is 2.32. The van der Waals surface area contributed by atoms with Crippen LogP contribution in [0.4, 0.5) is 0 Å². The van der Waals surface area contributed by atoms with E-state index >= 15 is 0 Å². The van der Waals surface area contributed by atoms with Crippen LogP contribution in [0, 0.1) is 0 Å². The lowest BCUT2D eigenvalue weighted by atomic mass is 9.92. The second-order valence-corrected chi connectivity index (χ2v) is 6.94. The van der Waals surface area contributed by atoms with Gasteiger partial charge in [0.05, 0.1) is 9.64 Å². The summed E-state index contributed by atoms with van der Waals surface area (Å²) in [6, 6.07) is 8.50. The topological polar surface area (TPSA) is 54.4 Å². The largest absolute Gasteiger partial charge is 0.396 e. The lowest BCUT2D eigenvalue weighted by molar-refractivity contribution is 0.268. The number of hydrogen-bond donors (Lipinski definition) is 1. The molecule has 1 aliphatic carbocycles. The fourth-order valence-corrected chi connectivity index (χ4v) is 4.52. The Hall–Kier alpha value is -1.13. The highest BCUT2D eigenvalue weighted by Gasteiger charge is 2.42. The van der Waals surface area contributed by atoms with Crippen LogP contribution in [0.15, 0.2) is 47.4 Å². The zero-order valence-corrected chi connectivity index (χ0v) is 11.1. The number of allylic oxidation sites excluding steroid dienone is 1. The highest BCUT2D eigenvalue weighted by Crippen LogP contribution is 2.37. The molecule has 1 aromatic carbocycles. The summed E-state index contributed by atoms with van der Waals surface area (Å²) >= 11 is 0. The minimum Gasteiger partial charge on any atom is -0.396 e. The van der Waals surface area contributed by atoms with E-state index in [0.29, 0.717) is 11.3 Å². The summed E-state index contributed by atoms with van der Waals surface area (Å²) in [4.78, 5) is 0.338. The zero-order valence-electron chi connectivity index (χ0n) is 10.2. The summed E-state index contributed by atoms with van der Waals surface area (Å²) in [7, 11) is -3.43. The van der Waals surface area contributed by atoms with Crippen LogP contribution in [0.25, 0.3) is 0 Å². The molecule has 0 fully saturated rings. The van der Waals surface area contributed by atoms with Gasteiger partial charge in [-0.25, -0.2) is 8.42 Å². The van der Waals surface area contributed by atoms with Crippen molar-refractivity contribution in [3.63, 3.8) is 0 Å². The van der Waals surface area contributed by atoms with Crippen molar-refractivity contribution in [3.8, 4) is 0 Å². The first kappa shape index (κ1) is 13.3. The molecular formula is C14H18O3S. The van der Waals surface area contributed by atoms with E-state index in [9.17, 15) is 13.5 Å². The summed E-state index contributed by atoms with van der Waals surface area (Å²) < 4.78 is 24.5. The predicted molar refractivity (Wildman–Crippen MR) is 71.1 cm³/mol. The lowest BCUT2D eigenvalue weighted by Gasteiger charge is -2.32. The first-order valence-electron chi connectivity index (χ1n) is 6.21. The molecule has 0 aromatic heterocycles. The van der Waals surface area contributed by atoms with Crippen molar-refractivity contribution in [3.05, 3.63) is 42.5 Å². The number of sulfone groups is 1. The first-order valence-corrected chi connectivity index (χ1v) is 7.69. The molecule has 4 heteroatoms. The summed E-state index contributed by atoms with van der Waals surface area (Å²) in [5.41, 5.74) is 0. The number of benzene rings is 1. The van der Waals surface area contributed by atoms with Crippen LogP contribution in [0.3, 0.4) is 0 Å². The molecule has 1 unspecified atom stereocenters. The normalized spacial score (nSPS) is 24.1. The van der Waals surface area contributed by atoms with E-state index in [1.165, 1.54) is 0 Å². The Morgan fingerprint density at radius 1 is 1.22 bits per heavy atom. The molecule has 0 aliphatic heterocycles. The average molecular weight is 266 g/mol. The number of rotatable bonds is 4. The first-order chi connectivity index (χ1) is 8.62. The van der Waals surface area contributed by atoms with Crippen molar-refractivity contribution in [1.82, 2.24) is 0 Å². The molecular weight excluding hydrogens is 248 g/mol. The van der Waals surface area contributed by atoms with Gasteiger partial charge >= 0.3 is 0 Å². The van der Waals surface area contributed by atoms with Gasteiger partial charge in [0.1, 0.15) is 0 Å². The second-order valence-electron chi connectivity index (χ2n) is 4.65. The Morgan fingerprint density at radius 2 is 1.94 bits per heavy atom. The van der Waals surface area contributed by atoms with Crippen molar-refractivity contribution in [2.75, 3.05) is 6.61 Å². The monoisotopic (exact) mass is 266 g/mol. The van der Waals surface area contributed by atoms with Crippen LogP contribution in [-0.2, 0) is 9.84 Å². The quantitative estimate of drug-likeness (QED) is 0.851. The van der Waals surface area contributed by atoms with Gasteiger partial charge < -0.3 is 5.11 Å². The van der Waals surface area contributed by atoms with Crippen LogP contribution in [0.2, 0.25) is 0 Å². The van der Waals surface area contributed by atoms with Gasteiger partial charge in [-0.05, 0) is 37.8 Å². The second kappa shape index (κ2) is 5.24. The van der Waals surface area contributed by atoms with Crippen molar-refractivity contribution >= 4 is 9.84 Å². The van der Waals surface area contributed by atoms with Gasteiger partial charge in [0.25, 0.3) is 0 Å². The number of aliphatic hydroxyl groups is 1. The number of hydrogen-bond acceptors (Lipinski definition) is 3. The molecule has 1 N–H and O–H groups in total. The van der Waals surface area contributed by atoms with Gasteiger partial charge in [0, 0.05) is 6.61 Å². The maximum Gasteiger partial charge on any atom is 0.187 e. The fraction of sp³-hybridized carbons (Fsp3) is 0.429. The molecule has 0 amide bonds. The van der Waals surface area contributed by atoms with E-state index in [1.54, 1.807) is 36.4 Å². The van der Waals surface area contributed by atoms with Crippen LogP contribution in [0.5, 0.6) is 0 Å². The zero-order chi connectivity index (χ0) is 13.1. The molecule has 2 rings (SSSR count). The summed E-state index contributed by atoms with van der Waals surface area (Å²) in [6.45, 7) is -0.115. The average Bonchev–Trinajstić information content (AvgIpc) is 2.41. The van der Waals surface area contributed by atoms with E-state index < -0.39 is 14.6 Å². The summed E-state index contributed by atoms with van der Waals surface area (Å²) in [5, 5.41) is 9.20. The molecule has 18 heavy (non-hydrogen) atoms. The standard InChI is InChI=1S/C14H18O3S/c15-12-11-14(9-5-2-6-10-14)18(16,17)13-7-3-1-4-8-13/h1,3-5,7-9,15H,2,6,10-12H2. The Morgan fingerprint density at radius 3 is 2.50 bits per heavy atom. The molecule has 3 nitrogen and oxygen atoms in total. The molecule has 1 aliphatic rings. The minimum absolute atomic E-state index is 0.115. The fourth-order valence-electron chi connectivity index (χ4n) is 2.49. The van der Waals surface area contributed by atoms with Crippen LogP contribution in [0.1, 0.15) is 25.7 Å². The van der Waals surface area contributed by atoms with Gasteiger partial charge in [-0.2, -0.15) is 0 Å². The molecule has 98 valence electrons. The third-order valence-electron chi connectivity index (χ3n) is 3.52. The molecule has 0 saturated carbocycles. The Bertz CT molecular complexity index is 519. The molecule has 0 heterocycles. The summed E-state index contributed by atoms with van der Waals surface area (Å²) in [6.07, 6.45) is 6.30. The number of aliphatic hydroxyl groups excluding tert-OH is 1. The van der Waals surface area contributed by atoms with Crippen molar-refractivity contribution < 1.29 is 13.5 Å². The maximum absolute atomic E-state index is 12.7. The van der Waals surface area contributed by atoms with E-state index in [0.717, 1.165) is 12.8 Å². The van der Waals surface area contributed by atoms with E-state index in [1.807, 2.05) is 6.08 Å². The smallest absolute Gasteiger partial charge is 0.187 e. The van der Waals surface area contributed by atoms with Crippen LogP contribution in [-0.4, -0.2) is 24.9 Å². The van der Waals surface area contributed by atoms with Crippen molar-refractivity contribution in [1.29, 1.82) is 0 Å². The van der Waals surface area contributed by atoms with Gasteiger partial charge in [-0.15, -0.1) is 0 Å². The van der Waals surface area contributed by atoms with Gasteiger partial charge in [0.2, 0.25) is 0 Å². The Labute approximate surface area is 108 Å². The van der Waals surface area contributed by atoms with Crippen LogP contribution >= 0.6 is 0 Å².